The van der Waals surface area contributed by atoms with E-state index < -0.39 is 17.6 Å². The summed E-state index contributed by atoms with van der Waals surface area (Å²) in [5.41, 5.74) is -0.723. The number of nitrogens with zero attached hydrogens (tertiary/aromatic N) is 1. The molecule has 0 rings (SSSR count). The third-order valence-electron chi connectivity index (χ3n) is 4.17. The van der Waals surface area contributed by atoms with E-state index in [0.717, 1.165) is 0 Å². The van der Waals surface area contributed by atoms with E-state index in [9.17, 15) is 9.90 Å². The average Bonchev–Trinajstić information content (AvgIpc) is 2.36. The van der Waals surface area contributed by atoms with Crippen LogP contribution in [-0.2, 0) is 4.79 Å². The van der Waals surface area contributed by atoms with Crippen LogP contribution < -0.4 is 0 Å². The van der Waals surface area contributed by atoms with Crippen LogP contribution in [0.4, 0.5) is 0 Å². The van der Waals surface area contributed by atoms with Crippen molar-refractivity contribution in [3.8, 4) is 0 Å². The fourth-order valence-electron chi connectivity index (χ4n) is 2.26. The quantitative estimate of drug-likeness (QED) is 0.392. The number of carbonyl (C=O) groups excluding carboxylic acids is 1. The summed E-state index contributed by atoms with van der Waals surface area (Å²) >= 11 is 0. The Morgan fingerprint density at radius 3 is 1.88 bits per heavy atom. The van der Waals surface area contributed by atoms with E-state index in [4.69, 9.17) is 5.11 Å². The van der Waals surface area contributed by atoms with Crippen LogP contribution in [0.1, 0.15) is 54.9 Å². The summed E-state index contributed by atoms with van der Waals surface area (Å²) < 4.78 is 0. The first-order valence-electron chi connectivity index (χ1n) is 8.05. The first kappa shape index (κ1) is 30.9. The Hall–Kier alpha value is 2.17. The van der Waals surface area contributed by atoms with Gasteiger partial charge in [0.05, 0.1) is 18.8 Å². The molecule has 0 saturated carbocycles. The van der Waals surface area contributed by atoms with Crippen LogP contribution in [0.2, 0.25) is 0 Å². The molecule has 0 amide bonds. The predicted molar refractivity (Wildman–Crippen MR) is 91.8 cm³/mol. The Kier molecular flexibility index (Phi) is 17.2. The van der Waals surface area contributed by atoms with Crippen molar-refractivity contribution in [3.63, 3.8) is 0 Å². The molecule has 6 heteroatoms. The van der Waals surface area contributed by atoms with E-state index in [-0.39, 0.29) is 112 Å². The van der Waals surface area contributed by atoms with Crippen LogP contribution in [0.3, 0.4) is 0 Å². The summed E-state index contributed by atoms with van der Waals surface area (Å²) in [4.78, 5) is 14.8. The zero-order valence-corrected chi connectivity index (χ0v) is 26.2. The fourth-order valence-corrected chi connectivity index (χ4v) is 2.26. The van der Waals surface area contributed by atoms with E-state index >= 15 is 0 Å². The van der Waals surface area contributed by atoms with Gasteiger partial charge < -0.3 is 10.2 Å². The minimum atomic E-state index is -0.751. The maximum absolute atomic E-state index is 12.9. The standard InChI is InChI=1S/C18H35NO3.2Ac/c1-13(11-9-10-12-20)15(21)14(16(22)17(2,3)4)19(8)18(5,6)7;;/h9-10,13-15,20-21H,11-12H2,1-8H3;;/b10-9+;;. The van der Waals surface area contributed by atoms with E-state index in [1.165, 1.54) is 0 Å². The molecule has 0 bridgehead atoms. The van der Waals surface area contributed by atoms with Gasteiger partial charge in [0.2, 0.25) is 0 Å². The van der Waals surface area contributed by atoms with Gasteiger partial charge in [-0.2, -0.15) is 0 Å². The monoisotopic (exact) mass is 767 g/mol. The number of allylic oxidation sites excluding steroid dienone is 1. The third kappa shape index (κ3) is 10.5. The second kappa shape index (κ2) is 13.4. The van der Waals surface area contributed by atoms with Gasteiger partial charge in [-0.15, -0.1) is 0 Å². The summed E-state index contributed by atoms with van der Waals surface area (Å²) in [6, 6.07) is -0.544. The summed E-state index contributed by atoms with van der Waals surface area (Å²) in [5.74, 6) is -0.0145. The van der Waals surface area contributed by atoms with Gasteiger partial charge in [-0.05, 0) is 40.2 Å². The molecule has 0 aromatic carbocycles. The van der Waals surface area contributed by atoms with Crippen LogP contribution in [0.15, 0.2) is 12.2 Å². The molecule has 2 radical (unpaired) electrons. The number of ketones is 1. The van der Waals surface area contributed by atoms with Gasteiger partial charge in [-0.25, -0.2) is 0 Å². The normalized spacial score (nSPS) is 16.3. The Bertz CT molecular complexity index is 387. The zero-order valence-electron chi connectivity index (χ0n) is 16.7. The number of Topliss-reactive ketones (excluding diaryl/α,β-unsaturated/α-hetero) is 1. The second-order valence-electron chi connectivity index (χ2n) is 8.20. The maximum Gasteiger partial charge on any atom is 0.157 e. The van der Waals surface area contributed by atoms with Gasteiger partial charge in [0, 0.05) is 99.1 Å². The summed E-state index contributed by atoms with van der Waals surface area (Å²) in [6.45, 7) is 13.7. The van der Waals surface area contributed by atoms with Crippen molar-refractivity contribution in [1.82, 2.24) is 4.90 Å². The molecule has 0 saturated heterocycles. The largest absolute Gasteiger partial charge is 0.392 e. The van der Waals surface area contributed by atoms with Gasteiger partial charge in [0.15, 0.2) is 5.78 Å². The molecule has 3 unspecified atom stereocenters. The molecule has 2 N–H and O–H groups in total. The minimum absolute atomic E-state index is 0. The van der Waals surface area contributed by atoms with Crippen LogP contribution in [0.25, 0.3) is 0 Å². The van der Waals surface area contributed by atoms with E-state index in [1.807, 2.05) is 66.5 Å². The number of hydrogen-bond donors (Lipinski definition) is 2. The Morgan fingerprint density at radius 1 is 1.08 bits per heavy atom. The average molecular weight is 767 g/mol. The summed E-state index contributed by atoms with van der Waals surface area (Å²) in [6.07, 6.45) is 3.40. The molecule has 0 spiro atoms. The van der Waals surface area contributed by atoms with Crippen LogP contribution in [0, 0.1) is 99.5 Å². The number of likely N-dealkylation sites (N-methyl/N-ethyl adjacent to an activating group) is 1. The van der Waals surface area contributed by atoms with Crippen molar-refractivity contribution in [2.45, 2.75) is 72.6 Å². The first-order chi connectivity index (χ1) is 9.84. The van der Waals surface area contributed by atoms with Crippen molar-refractivity contribution in [3.05, 3.63) is 12.2 Å². The Balaban J connectivity index is -0.00000220. The van der Waals surface area contributed by atoms with Gasteiger partial charge in [-0.1, -0.05) is 39.8 Å². The number of carbonyl (C=O) groups is 1. The number of aliphatic hydroxyl groups is 2. The molecule has 0 heterocycles. The zero-order chi connectivity index (χ0) is 17.7. The maximum atomic E-state index is 12.9. The summed E-state index contributed by atoms with van der Waals surface area (Å²) in [7, 11) is 1.90. The van der Waals surface area contributed by atoms with Crippen molar-refractivity contribution in [1.29, 1.82) is 0 Å². The topological polar surface area (TPSA) is 60.8 Å². The fraction of sp³-hybridized carbons (Fsp3) is 0.833. The van der Waals surface area contributed by atoms with Crippen molar-refractivity contribution in [2.75, 3.05) is 13.7 Å². The molecule has 136 valence electrons. The van der Waals surface area contributed by atoms with Crippen LogP contribution >= 0.6 is 0 Å². The molecule has 3 atom stereocenters. The Labute approximate surface area is 220 Å². The minimum Gasteiger partial charge on any atom is -0.392 e. The van der Waals surface area contributed by atoms with E-state index in [0.29, 0.717) is 6.42 Å². The molecular formula is C18H35Ac2NO3. The first-order valence-corrected chi connectivity index (χ1v) is 8.05. The van der Waals surface area contributed by atoms with Gasteiger partial charge in [-0.3, -0.25) is 9.69 Å². The molecule has 0 aromatic rings. The number of rotatable bonds is 7. The van der Waals surface area contributed by atoms with Crippen molar-refractivity contribution >= 4 is 5.78 Å². The van der Waals surface area contributed by atoms with Gasteiger partial charge in [0.1, 0.15) is 0 Å². The van der Waals surface area contributed by atoms with Crippen LogP contribution in [-0.4, -0.2) is 52.2 Å². The van der Waals surface area contributed by atoms with Gasteiger partial charge in [0.25, 0.3) is 0 Å². The molecule has 0 aliphatic heterocycles. The smallest absolute Gasteiger partial charge is 0.157 e. The molecule has 0 fully saturated rings. The number of hydrogen-bond acceptors (Lipinski definition) is 4. The number of aliphatic hydroxyl groups excluding tert-OH is 2. The molecular weight excluding hydrogens is 732 g/mol. The molecule has 24 heavy (non-hydrogen) atoms. The SMILES string of the molecule is CC(C/C=C/CO)C(O)C(C(=O)C(C)(C)C)N(C)C(C)(C)C.[Ac].[Ac]. The molecule has 0 aromatic heterocycles. The molecule has 0 aliphatic carbocycles. The molecule has 0 aliphatic rings. The Morgan fingerprint density at radius 2 is 1.54 bits per heavy atom. The van der Waals surface area contributed by atoms with Crippen LogP contribution in [0.5, 0.6) is 0 Å². The van der Waals surface area contributed by atoms with Gasteiger partial charge >= 0.3 is 0 Å². The van der Waals surface area contributed by atoms with E-state index in [1.54, 1.807) is 6.08 Å². The van der Waals surface area contributed by atoms with Crippen molar-refractivity contribution < 1.29 is 103 Å². The second-order valence-corrected chi connectivity index (χ2v) is 8.20. The predicted octanol–water partition coefficient (Wildman–Crippen LogP) is 2.64. The summed E-state index contributed by atoms with van der Waals surface area (Å²) in [5, 5.41) is 19.6. The van der Waals surface area contributed by atoms with Crippen molar-refractivity contribution in [2.24, 2.45) is 11.3 Å². The third-order valence-corrected chi connectivity index (χ3v) is 4.17. The molecule has 4 nitrogen and oxygen atoms in total. The van der Waals surface area contributed by atoms with E-state index in [2.05, 4.69) is 0 Å².